The van der Waals surface area contributed by atoms with Crippen molar-refractivity contribution < 1.29 is 9.59 Å². The van der Waals surface area contributed by atoms with Crippen LogP contribution in [0, 0.1) is 0 Å². The van der Waals surface area contributed by atoms with Gasteiger partial charge in [-0.25, -0.2) is 9.78 Å². The van der Waals surface area contributed by atoms with E-state index in [1.807, 2.05) is 0 Å². The molecule has 1 aromatic rings. The van der Waals surface area contributed by atoms with Gasteiger partial charge in [-0.1, -0.05) is 0 Å². The Kier molecular flexibility index (Phi) is 2.16. The molecule has 1 aromatic heterocycles. The predicted molar refractivity (Wildman–Crippen MR) is 54.8 cm³/mol. The van der Waals surface area contributed by atoms with Gasteiger partial charge in [0.1, 0.15) is 0 Å². The Bertz CT molecular complexity index is 465. The third-order valence-electron chi connectivity index (χ3n) is 1.95. The first-order chi connectivity index (χ1) is 7.08. The first-order valence-electron chi connectivity index (χ1n) is 4.11. The topological polar surface area (TPSA) is 102 Å². The molecule has 4 N–H and O–H groups in total. The number of thiazole rings is 1. The largest absolute Gasteiger partial charge is 0.364 e. The molecule has 0 atom stereocenters. The smallest absolute Gasteiger partial charge is 0.319 e. The number of carbonyl (C=O) groups is 2. The number of aromatic nitrogens is 1. The van der Waals surface area contributed by atoms with Crippen LogP contribution in [0.5, 0.6) is 0 Å². The van der Waals surface area contributed by atoms with Gasteiger partial charge in [0.05, 0.1) is 17.1 Å². The molecule has 7 heteroatoms. The van der Waals surface area contributed by atoms with Crippen LogP contribution in [-0.4, -0.2) is 21.8 Å². The van der Waals surface area contributed by atoms with Crippen LogP contribution < -0.4 is 11.5 Å². The zero-order valence-electron chi connectivity index (χ0n) is 7.64. The van der Waals surface area contributed by atoms with Crippen molar-refractivity contribution in [3.63, 3.8) is 0 Å². The van der Waals surface area contributed by atoms with Crippen LogP contribution in [0.25, 0.3) is 6.08 Å². The highest BCUT2D eigenvalue weighted by Gasteiger charge is 2.19. The second-order valence-electron chi connectivity index (χ2n) is 2.97. The monoisotopic (exact) mass is 224 g/mol. The summed E-state index contributed by atoms with van der Waals surface area (Å²) >= 11 is 1.18. The summed E-state index contributed by atoms with van der Waals surface area (Å²) in [7, 11) is 0. The van der Waals surface area contributed by atoms with Gasteiger partial charge in [-0.2, -0.15) is 0 Å². The molecule has 3 amide bonds. The first kappa shape index (κ1) is 9.66. The van der Waals surface area contributed by atoms with Gasteiger partial charge in [0.25, 0.3) is 5.91 Å². The molecule has 0 fully saturated rings. The van der Waals surface area contributed by atoms with Crippen LogP contribution in [0.3, 0.4) is 0 Å². The number of rotatable bonds is 1. The summed E-state index contributed by atoms with van der Waals surface area (Å²) in [6.07, 6.45) is 3.17. The van der Waals surface area contributed by atoms with E-state index in [1.165, 1.54) is 22.4 Å². The maximum Gasteiger partial charge on any atom is 0.319 e. The summed E-state index contributed by atoms with van der Waals surface area (Å²) in [5, 5.41) is 0.246. The van der Waals surface area contributed by atoms with E-state index in [0.717, 1.165) is 4.88 Å². The van der Waals surface area contributed by atoms with E-state index in [0.29, 0.717) is 12.2 Å². The van der Waals surface area contributed by atoms with Gasteiger partial charge in [-0.05, 0) is 6.08 Å². The highest BCUT2D eigenvalue weighted by atomic mass is 32.1. The number of urea groups is 1. The molecule has 6 nitrogen and oxygen atoms in total. The van der Waals surface area contributed by atoms with E-state index in [-0.39, 0.29) is 5.01 Å². The molecule has 0 unspecified atom stereocenters. The average molecular weight is 224 g/mol. The Hall–Kier alpha value is -1.89. The fraction of sp³-hybridized carbons (Fsp3) is 0.125. The molecule has 0 aliphatic carbocycles. The minimum Gasteiger partial charge on any atom is -0.364 e. The third kappa shape index (κ3) is 1.68. The summed E-state index contributed by atoms with van der Waals surface area (Å²) in [6.45, 7) is 0.339. The molecule has 1 aliphatic heterocycles. The number of primary amides is 2. The molecule has 78 valence electrons. The van der Waals surface area contributed by atoms with Gasteiger partial charge >= 0.3 is 6.03 Å². The van der Waals surface area contributed by atoms with Crippen LogP contribution in [0.2, 0.25) is 0 Å². The average Bonchev–Trinajstić information content (AvgIpc) is 2.59. The normalized spacial score (nSPS) is 13.7. The molecule has 2 heterocycles. The van der Waals surface area contributed by atoms with Crippen molar-refractivity contribution in [1.29, 1.82) is 0 Å². The molecule has 0 saturated heterocycles. The van der Waals surface area contributed by atoms with Crippen LogP contribution in [0.15, 0.2) is 6.20 Å². The van der Waals surface area contributed by atoms with Gasteiger partial charge in [-0.15, -0.1) is 11.3 Å². The molecular weight excluding hydrogens is 216 g/mol. The van der Waals surface area contributed by atoms with Crippen LogP contribution >= 0.6 is 11.3 Å². The minimum atomic E-state index is -0.562. The van der Waals surface area contributed by atoms with Gasteiger partial charge in [0.15, 0.2) is 5.01 Å². The fourth-order valence-corrected chi connectivity index (χ4v) is 2.13. The number of fused-ring (bicyclic) bond motifs is 1. The maximum atomic E-state index is 10.9. The molecule has 0 aromatic carbocycles. The number of nitrogens with two attached hydrogens (primary N) is 2. The zero-order valence-corrected chi connectivity index (χ0v) is 8.45. The number of hydrogen-bond donors (Lipinski definition) is 2. The predicted octanol–water partition coefficient (Wildman–Crippen LogP) is 0.107. The van der Waals surface area contributed by atoms with Gasteiger partial charge in [0.2, 0.25) is 0 Å². The lowest BCUT2D eigenvalue weighted by atomic mass is 10.3. The quantitative estimate of drug-likeness (QED) is 0.707. The van der Waals surface area contributed by atoms with Crippen molar-refractivity contribution in [3.05, 3.63) is 21.8 Å². The summed E-state index contributed by atoms with van der Waals surface area (Å²) in [6, 6.07) is -0.536. The van der Waals surface area contributed by atoms with Gasteiger partial charge < -0.3 is 11.5 Å². The molecule has 0 bridgehead atoms. The van der Waals surface area contributed by atoms with Crippen molar-refractivity contribution in [1.82, 2.24) is 9.88 Å². The van der Waals surface area contributed by atoms with Crippen molar-refractivity contribution >= 4 is 29.4 Å². The van der Waals surface area contributed by atoms with Crippen LogP contribution in [0.1, 0.15) is 20.4 Å². The van der Waals surface area contributed by atoms with Crippen molar-refractivity contribution in [2.75, 3.05) is 0 Å². The third-order valence-corrected chi connectivity index (χ3v) is 3.02. The van der Waals surface area contributed by atoms with E-state index < -0.39 is 11.9 Å². The Labute approximate surface area is 89.2 Å². The maximum absolute atomic E-state index is 10.9. The SMILES string of the molecule is NC(=O)c1nc2c(s1)CN(C(N)=O)C=C2. The number of nitrogens with zero attached hydrogens (tertiary/aromatic N) is 2. The van der Waals surface area contributed by atoms with E-state index in [4.69, 9.17) is 11.5 Å². The molecule has 15 heavy (non-hydrogen) atoms. The van der Waals surface area contributed by atoms with E-state index in [2.05, 4.69) is 4.98 Å². The minimum absolute atomic E-state index is 0.246. The number of hydrogen-bond acceptors (Lipinski definition) is 4. The highest BCUT2D eigenvalue weighted by Crippen LogP contribution is 2.25. The Balaban J connectivity index is 2.33. The molecular formula is C8H8N4O2S. The summed E-state index contributed by atoms with van der Waals surface area (Å²) in [5.41, 5.74) is 10.9. The van der Waals surface area contributed by atoms with Crippen molar-refractivity contribution in [2.45, 2.75) is 6.54 Å². The Morgan fingerprint density at radius 2 is 2.20 bits per heavy atom. The van der Waals surface area contributed by atoms with Crippen LogP contribution in [-0.2, 0) is 6.54 Å². The fourth-order valence-electron chi connectivity index (χ4n) is 1.23. The molecule has 0 spiro atoms. The van der Waals surface area contributed by atoms with E-state index in [9.17, 15) is 9.59 Å². The summed E-state index contributed by atoms with van der Waals surface area (Å²) in [5.74, 6) is -0.562. The summed E-state index contributed by atoms with van der Waals surface area (Å²) < 4.78 is 0. The summed E-state index contributed by atoms with van der Waals surface area (Å²) in [4.78, 5) is 27.9. The lowest BCUT2D eigenvalue weighted by molar-refractivity contribution is 0.1000. The Morgan fingerprint density at radius 1 is 1.47 bits per heavy atom. The van der Waals surface area contributed by atoms with Gasteiger partial charge in [-0.3, -0.25) is 9.69 Å². The standard InChI is InChI=1S/C8H8N4O2S/c9-6(13)7-11-4-1-2-12(8(10)14)3-5(4)15-7/h1-2H,3H2,(H2,9,13)(H2,10,14). The second-order valence-corrected chi connectivity index (χ2v) is 4.06. The van der Waals surface area contributed by atoms with Gasteiger partial charge in [0, 0.05) is 6.20 Å². The molecule has 0 saturated carbocycles. The Morgan fingerprint density at radius 3 is 2.80 bits per heavy atom. The number of amides is 3. The second kappa shape index (κ2) is 3.35. The first-order valence-corrected chi connectivity index (χ1v) is 4.93. The van der Waals surface area contributed by atoms with E-state index in [1.54, 1.807) is 6.08 Å². The highest BCUT2D eigenvalue weighted by molar-refractivity contribution is 7.13. The molecule has 2 rings (SSSR count). The lowest BCUT2D eigenvalue weighted by Crippen LogP contribution is -2.31. The van der Waals surface area contributed by atoms with Crippen LogP contribution in [0.4, 0.5) is 4.79 Å². The lowest BCUT2D eigenvalue weighted by Gasteiger charge is -2.17. The molecule has 1 aliphatic rings. The van der Waals surface area contributed by atoms with Crippen molar-refractivity contribution in [3.8, 4) is 0 Å². The zero-order chi connectivity index (χ0) is 11.0. The molecule has 0 radical (unpaired) electrons. The number of carbonyl (C=O) groups excluding carboxylic acids is 2. The van der Waals surface area contributed by atoms with Crippen molar-refractivity contribution in [2.24, 2.45) is 11.5 Å². The van der Waals surface area contributed by atoms with E-state index >= 15 is 0 Å².